The van der Waals surface area contributed by atoms with Crippen LogP contribution in [0.5, 0.6) is 17.2 Å². The number of carboxylic acid groups (broad SMARTS) is 1. The number of carbonyl (C=O) groups excluding carboxylic acids is 1. The van der Waals surface area contributed by atoms with Gasteiger partial charge in [-0.3, -0.25) is 0 Å². The summed E-state index contributed by atoms with van der Waals surface area (Å²) in [5.41, 5.74) is 3.10. The van der Waals surface area contributed by atoms with E-state index < -0.39 is 6.09 Å². The van der Waals surface area contributed by atoms with Crippen LogP contribution in [0.25, 0.3) is 10.8 Å². The third-order valence-corrected chi connectivity index (χ3v) is 8.32. The topological polar surface area (TPSA) is 89.5 Å². The number of nitrogens with zero attached hydrogens (tertiary/aromatic N) is 1. The molecular formula is C33H36NO7S-. The van der Waals surface area contributed by atoms with Crippen molar-refractivity contribution in [3.05, 3.63) is 88.1 Å². The van der Waals surface area contributed by atoms with E-state index in [0.29, 0.717) is 38.5 Å². The zero-order valence-electron chi connectivity index (χ0n) is 24.0. The Labute approximate surface area is 250 Å². The summed E-state index contributed by atoms with van der Waals surface area (Å²) in [6, 6.07) is 19.9. The fourth-order valence-corrected chi connectivity index (χ4v) is 6.10. The molecule has 1 amide bonds. The van der Waals surface area contributed by atoms with E-state index in [1.54, 1.807) is 25.6 Å². The molecular weight excluding hydrogens is 554 g/mol. The van der Waals surface area contributed by atoms with Gasteiger partial charge in [0.2, 0.25) is 0 Å². The molecule has 0 radical (unpaired) electrons. The second kappa shape index (κ2) is 14.4. The molecule has 1 aromatic heterocycles. The zero-order chi connectivity index (χ0) is 29.3. The van der Waals surface area contributed by atoms with Crippen LogP contribution in [-0.2, 0) is 22.7 Å². The summed E-state index contributed by atoms with van der Waals surface area (Å²) < 4.78 is 29.5. The van der Waals surface area contributed by atoms with Gasteiger partial charge in [0.05, 0.1) is 46.8 Å². The van der Waals surface area contributed by atoms with Crippen molar-refractivity contribution in [3.63, 3.8) is 0 Å². The summed E-state index contributed by atoms with van der Waals surface area (Å²) in [5.74, 6) is 2.24. The maximum Gasteiger partial charge on any atom is 0.137 e. The average Bonchev–Trinajstić information content (AvgIpc) is 3.55. The van der Waals surface area contributed by atoms with Crippen LogP contribution in [-0.4, -0.2) is 57.6 Å². The smallest absolute Gasteiger partial charge is 0.137 e. The SMILES string of the molecule is COc1cc(COC2CN(C(=O)[O-])CCC2c2ccc(OCCCOCc3ccsc3)cc2)c(OC)c2ccccc12. The summed E-state index contributed by atoms with van der Waals surface area (Å²) in [6.45, 7) is 2.68. The van der Waals surface area contributed by atoms with Crippen molar-refractivity contribution in [1.29, 1.82) is 0 Å². The van der Waals surface area contributed by atoms with Crippen molar-refractivity contribution in [2.75, 3.05) is 40.5 Å². The van der Waals surface area contributed by atoms with Crippen LogP contribution in [0, 0.1) is 0 Å². The van der Waals surface area contributed by atoms with Gasteiger partial charge in [0.15, 0.2) is 0 Å². The van der Waals surface area contributed by atoms with Gasteiger partial charge in [-0.1, -0.05) is 36.4 Å². The number of carbonyl (C=O) groups is 1. The van der Waals surface area contributed by atoms with Gasteiger partial charge in [0, 0.05) is 41.8 Å². The molecule has 1 saturated heterocycles. The molecule has 2 heterocycles. The molecule has 0 spiro atoms. The van der Waals surface area contributed by atoms with Crippen LogP contribution in [0.4, 0.5) is 4.79 Å². The Bertz CT molecular complexity index is 1440. The molecule has 1 aliphatic heterocycles. The molecule has 0 aliphatic carbocycles. The van der Waals surface area contributed by atoms with E-state index in [1.807, 2.05) is 60.0 Å². The first-order valence-electron chi connectivity index (χ1n) is 14.1. The lowest BCUT2D eigenvalue weighted by molar-refractivity contribution is -0.268. The number of piperidine rings is 1. The van der Waals surface area contributed by atoms with E-state index in [0.717, 1.165) is 39.8 Å². The van der Waals surface area contributed by atoms with E-state index in [1.165, 1.54) is 10.5 Å². The first-order valence-corrected chi connectivity index (χ1v) is 15.0. The molecule has 2 unspecified atom stereocenters. The van der Waals surface area contributed by atoms with Crippen molar-refractivity contribution in [3.8, 4) is 17.2 Å². The Hall–Kier alpha value is -3.79. The normalized spacial score (nSPS) is 16.9. The van der Waals surface area contributed by atoms with Crippen LogP contribution in [0.15, 0.2) is 71.4 Å². The molecule has 4 aromatic rings. The fraction of sp³-hybridized carbons (Fsp3) is 0.364. The van der Waals surface area contributed by atoms with Crippen molar-refractivity contribution < 1.29 is 33.6 Å². The first kappa shape index (κ1) is 29.7. The predicted molar refractivity (Wildman–Crippen MR) is 160 cm³/mol. The molecule has 1 aliphatic rings. The maximum absolute atomic E-state index is 11.7. The van der Waals surface area contributed by atoms with Crippen molar-refractivity contribution >= 4 is 28.2 Å². The number of ether oxygens (including phenoxy) is 5. The van der Waals surface area contributed by atoms with Crippen LogP contribution < -0.4 is 19.3 Å². The lowest BCUT2D eigenvalue weighted by Crippen LogP contribution is -2.51. The summed E-state index contributed by atoms with van der Waals surface area (Å²) in [7, 11) is 3.28. The molecule has 0 bridgehead atoms. The third kappa shape index (κ3) is 7.15. The van der Waals surface area contributed by atoms with Crippen LogP contribution in [0.1, 0.15) is 35.4 Å². The molecule has 9 heteroatoms. The number of likely N-dealkylation sites (tertiary alicyclic amines) is 1. The van der Waals surface area contributed by atoms with Crippen LogP contribution >= 0.6 is 11.3 Å². The van der Waals surface area contributed by atoms with E-state index in [4.69, 9.17) is 23.7 Å². The Morgan fingerprint density at radius 3 is 2.52 bits per heavy atom. The van der Waals surface area contributed by atoms with E-state index in [9.17, 15) is 9.90 Å². The van der Waals surface area contributed by atoms with Gasteiger partial charge in [-0.2, -0.15) is 11.3 Å². The highest BCUT2D eigenvalue weighted by Gasteiger charge is 2.32. The van der Waals surface area contributed by atoms with Gasteiger partial charge in [0.25, 0.3) is 0 Å². The van der Waals surface area contributed by atoms with Crippen LogP contribution in [0.3, 0.4) is 0 Å². The molecule has 3 aromatic carbocycles. The third-order valence-electron chi connectivity index (χ3n) is 7.59. The summed E-state index contributed by atoms with van der Waals surface area (Å²) in [6.07, 6.45) is -0.133. The van der Waals surface area contributed by atoms with Gasteiger partial charge >= 0.3 is 0 Å². The number of benzene rings is 3. The number of thiophene rings is 1. The van der Waals surface area contributed by atoms with Gasteiger partial charge in [-0.15, -0.1) is 0 Å². The van der Waals surface area contributed by atoms with Crippen molar-refractivity contribution in [1.82, 2.24) is 4.90 Å². The molecule has 1 fully saturated rings. The molecule has 5 rings (SSSR count). The minimum atomic E-state index is -1.19. The largest absolute Gasteiger partial charge is 0.530 e. The standard InChI is InChI=1S/C33H37NO7S/c1-37-30-18-25(32(38-2)29-7-4-3-6-28(29)30)21-41-31-19-34(33(35)36)14-12-27(31)24-8-10-26(11-9-24)40-16-5-15-39-20-23-13-17-42-22-23/h3-4,6-11,13,17-18,22,27,31H,5,12,14-16,19-21H2,1-2H3,(H,35,36)/p-1. The van der Waals surface area contributed by atoms with Gasteiger partial charge < -0.3 is 38.5 Å². The highest BCUT2D eigenvalue weighted by Crippen LogP contribution is 2.38. The quantitative estimate of drug-likeness (QED) is 0.187. The second-order valence-electron chi connectivity index (χ2n) is 10.2. The lowest BCUT2D eigenvalue weighted by atomic mass is 9.87. The highest BCUT2D eigenvalue weighted by atomic mass is 32.1. The molecule has 8 nitrogen and oxygen atoms in total. The van der Waals surface area contributed by atoms with E-state index >= 15 is 0 Å². The highest BCUT2D eigenvalue weighted by molar-refractivity contribution is 7.07. The summed E-state index contributed by atoms with van der Waals surface area (Å²) >= 11 is 1.67. The van der Waals surface area contributed by atoms with Gasteiger partial charge in [0.1, 0.15) is 23.3 Å². The molecule has 0 N–H and O–H groups in total. The van der Waals surface area contributed by atoms with Gasteiger partial charge in [-0.05, 0) is 52.6 Å². The number of methoxy groups -OCH3 is 2. The van der Waals surface area contributed by atoms with Crippen molar-refractivity contribution in [2.24, 2.45) is 0 Å². The molecule has 0 saturated carbocycles. The van der Waals surface area contributed by atoms with Crippen LogP contribution in [0.2, 0.25) is 0 Å². The molecule has 2 atom stereocenters. The first-order chi connectivity index (χ1) is 20.6. The van der Waals surface area contributed by atoms with E-state index in [-0.39, 0.29) is 25.2 Å². The minimum absolute atomic E-state index is 0.00787. The minimum Gasteiger partial charge on any atom is -0.530 e. The molecule has 42 heavy (non-hydrogen) atoms. The lowest BCUT2D eigenvalue weighted by Gasteiger charge is -2.40. The summed E-state index contributed by atoms with van der Waals surface area (Å²) in [5, 5.41) is 17.7. The number of rotatable bonds is 13. The summed E-state index contributed by atoms with van der Waals surface area (Å²) in [4.78, 5) is 13.0. The monoisotopic (exact) mass is 590 g/mol. The van der Waals surface area contributed by atoms with Gasteiger partial charge in [-0.25, -0.2) is 0 Å². The zero-order valence-corrected chi connectivity index (χ0v) is 24.8. The van der Waals surface area contributed by atoms with Crippen molar-refractivity contribution in [2.45, 2.75) is 38.1 Å². The Kier molecular flexibility index (Phi) is 10.2. The molecule has 222 valence electrons. The number of hydrogen-bond acceptors (Lipinski definition) is 8. The number of fused-ring (bicyclic) bond motifs is 1. The number of amides is 1. The predicted octanol–water partition coefficient (Wildman–Crippen LogP) is 5.62. The Morgan fingerprint density at radius 1 is 1.00 bits per heavy atom. The second-order valence-corrected chi connectivity index (χ2v) is 11.0. The van der Waals surface area contributed by atoms with E-state index in [2.05, 4.69) is 11.4 Å². The average molecular weight is 591 g/mol. The fourth-order valence-electron chi connectivity index (χ4n) is 5.44. The Balaban J connectivity index is 1.23. The maximum atomic E-state index is 11.7. The number of hydrogen-bond donors (Lipinski definition) is 0. The Morgan fingerprint density at radius 2 is 1.81 bits per heavy atom.